The molecule has 1 heterocycles. The maximum atomic E-state index is 12.1. The van der Waals surface area contributed by atoms with Crippen molar-refractivity contribution in [1.82, 2.24) is 9.80 Å². The van der Waals surface area contributed by atoms with E-state index in [2.05, 4.69) is 11.8 Å². The van der Waals surface area contributed by atoms with E-state index < -0.39 is 0 Å². The molecule has 0 spiro atoms. The maximum absolute atomic E-state index is 12.1. The van der Waals surface area contributed by atoms with Crippen LogP contribution in [-0.2, 0) is 4.79 Å². The summed E-state index contributed by atoms with van der Waals surface area (Å²) in [5.41, 5.74) is 5.86. The predicted octanol–water partition coefficient (Wildman–Crippen LogP) is 1.30. The highest BCUT2D eigenvalue weighted by atomic mass is 16.2. The Morgan fingerprint density at radius 3 is 2.50 bits per heavy atom. The third kappa shape index (κ3) is 3.95. The molecule has 1 amide bonds. The first kappa shape index (κ1) is 15.4. The molecule has 106 valence electrons. The fraction of sp³-hybridized carbons (Fsp3) is 0.929. The second kappa shape index (κ2) is 7.74. The minimum atomic E-state index is 0.244. The van der Waals surface area contributed by atoms with Gasteiger partial charge in [0.2, 0.25) is 5.91 Å². The molecular weight excluding hydrogens is 226 g/mol. The zero-order valence-corrected chi connectivity index (χ0v) is 12.2. The molecule has 2 unspecified atom stereocenters. The summed E-state index contributed by atoms with van der Waals surface area (Å²) in [4.78, 5) is 16.3. The van der Waals surface area contributed by atoms with Crippen LogP contribution in [0.1, 0.15) is 40.0 Å². The number of likely N-dealkylation sites (N-methyl/N-ethyl adjacent to an activating group) is 1. The zero-order valence-electron chi connectivity index (χ0n) is 12.2. The lowest BCUT2D eigenvalue weighted by atomic mass is 9.89. The van der Waals surface area contributed by atoms with Crippen molar-refractivity contribution >= 4 is 5.91 Å². The highest BCUT2D eigenvalue weighted by Gasteiger charge is 2.28. The molecule has 1 fully saturated rings. The topological polar surface area (TPSA) is 49.6 Å². The van der Waals surface area contributed by atoms with Gasteiger partial charge in [-0.25, -0.2) is 0 Å². The van der Waals surface area contributed by atoms with E-state index in [1.807, 2.05) is 18.7 Å². The van der Waals surface area contributed by atoms with Crippen LogP contribution in [0.3, 0.4) is 0 Å². The van der Waals surface area contributed by atoms with Gasteiger partial charge in [0.25, 0.3) is 0 Å². The van der Waals surface area contributed by atoms with Gasteiger partial charge in [-0.15, -0.1) is 0 Å². The van der Waals surface area contributed by atoms with Gasteiger partial charge < -0.3 is 10.6 Å². The average Bonchev–Trinajstić information content (AvgIpc) is 2.40. The second-order valence-corrected chi connectivity index (χ2v) is 5.22. The number of amides is 1. The van der Waals surface area contributed by atoms with Gasteiger partial charge in [-0.2, -0.15) is 0 Å². The Morgan fingerprint density at radius 1 is 1.33 bits per heavy atom. The SMILES string of the molecule is CCC1CCN(CC(=O)N(CC)CC)C(CN)C1. The molecule has 1 rings (SSSR count). The Balaban J connectivity index is 2.52. The number of rotatable bonds is 6. The molecule has 2 N–H and O–H groups in total. The molecular formula is C14H29N3O. The van der Waals surface area contributed by atoms with Crippen molar-refractivity contribution in [2.75, 3.05) is 32.7 Å². The summed E-state index contributed by atoms with van der Waals surface area (Å²) >= 11 is 0. The molecule has 0 aromatic carbocycles. The first-order chi connectivity index (χ1) is 8.65. The Bertz CT molecular complexity index is 253. The minimum absolute atomic E-state index is 0.244. The van der Waals surface area contributed by atoms with Crippen molar-refractivity contribution < 1.29 is 4.79 Å². The highest BCUT2D eigenvalue weighted by molar-refractivity contribution is 5.78. The smallest absolute Gasteiger partial charge is 0.236 e. The molecule has 4 nitrogen and oxygen atoms in total. The van der Waals surface area contributed by atoms with Crippen LogP contribution in [0.4, 0.5) is 0 Å². The van der Waals surface area contributed by atoms with Gasteiger partial charge in [0.05, 0.1) is 6.54 Å². The van der Waals surface area contributed by atoms with Crippen molar-refractivity contribution in [2.24, 2.45) is 11.7 Å². The molecule has 2 atom stereocenters. The first-order valence-electron chi connectivity index (χ1n) is 7.38. The number of carbonyl (C=O) groups is 1. The lowest BCUT2D eigenvalue weighted by Crippen LogP contribution is -2.51. The van der Waals surface area contributed by atoms with E-state index in [-0.39, 0.29) is 5.91 Å². The summed E-state index contributed by atoms with van der Waals surface area (Å²) in [6.07, 6.45) is 3.59. The lowest BCUT2D eigenvalue weighted by molar-refractivity contribution is -0.133. The van der Waals surface area contributed by atoms with E-state index in [1.54, 1.807) is 0 Å². The Kier molecular flexibility index (Phi) is 6.65. The first-order valence-corrected chi connectivity index (χ1v) is 7.38. The standard InChI is InChI=1S/C14H29N3O/c1-4-12-7-8-17(13(9-12)10-15)11-14(18)16(5-2)6-3/h12-13H,4-11,15H2,1-3H3. The summed E-state index contributed by atoms with van der Waals surface area (Å²) in [6, 6.07) is 0.392. The summed E-state index contributed by atoms with van der Waals surface area (Å²) in [5, 5.41) is 0. The molecule has 1 saturated heterocycles. The van der Waals surface area contributed by atoms with E-state index >= 15 is 0 Å². The van der Waals surface area contributed by atoms with Crippen molar-refractivity contribution in [2.45, 2.75) is 46.1 Å². The molecule has 18 heavy (non-hydrogen) atoms. The van der Waals surface area contributed by atoms with Crippen molar-refractivity contribution in [3.05, 3.63) is 0 Å². The van der Waals surface area contributed by atoms with Gasteiger partial charge in [-0.3, -0.25) is 9.69 Å². The van der Waals surface area contributed by atoms with Crippen molar-refractivity contribution in [3.8, 4) is 0 Å². The molecule has 0 saturated carbocycles. The fourth-order valence-corrected chi connectivity index (χ4v) is 2.86. The molecule has 1 aliphatic heterocycles. The number of nitrogens with two attached hydrogens (primary N) is 1. The van der Waals surface area contributed by atoms with E-state index in [4.69, 9.17) is 5.73 Å². The number of piperidine rings is 1. The lowest BCUT2D eigenvalue weighted by Gasteiger charge is -2.39. The largest absolute Gasteiger partial charge is 0.342 e. The quantitative estimate of drug-likeness (QED) is 0.778. The summed E-state index contributed by atoms with van der Waals surface area (Å²) in [5.74, 6) is 1.03. The monoisotopic (exact) mass is 255 g/mol. The van der Waals surface area contributed by atoms with Crippen LogP contribution in [0.25, 0.3) is 0 Å². The summed E-state index contributed by atoms with van der Waals surface area (Å²) in [7, 11) is 0. The average molecular weight is 255 g/mol. The van der Waals surface area contributed by atoms with Crippen LogP contribution >= 0.6 is 0 Å². The number of nitrogens with zero attached hydrogens (tertiary/aromatic N) is 2. The van der Waals surface area contributed by atoms with E-state index in [9.17, 15) is 4.79 Å². The number of carbonyl (C=O) groups excluding carboxylic acids is 1. The van der Waals surface area contributed by atoms with Gasteiger partial charge in [0.15, 0.2) is 0 Å². The molecule has 0 radical (unpaired) electrons. The molecule has 0 aromatic rings. The Morgan fingerprint density at radius 2 is 2.00 bits per heavy atom. The predicted molar refractivity (Wildman–Crippen MR) is 75.4 cm³/mol. The summed E-state index contributed by atoms with van der Waals surface area (Å²) in [6.45, 7) is 10.1. The summed E-state index contributed by atoms with van der Waals surface area (Å²) < 4.78 is 0. The van der Waals surface area contributed by atoms with Gasteiger partial charge >= 0.3 is 0 Å². The van der Waals surface area contributed by atoms with E-state index in [0.29, 0.717) is 19.1 Å². The molecule has 0 bridgehead atoms. The Labute approximate surface area is 111 Å². The van der Waals surface area contributed by atoms with Gasteiger partial charge in [-0.05, 0) is 39.2 Å². The van der Waals surface area contributed by atoms with Crippen molar-refractivity contribution in [1.29, 1.82) is 0 Å². The zero-order chi connectivity index (χ0) is 13.5. The third-order valence-electron chi connectivity index (χ3n) is 4.25. The normalized spacial score (nSPS) is 25.1. The van der Waals surface area contributed by atoms with Crippen LogP contribution in [0.2, 0.25) is 0 Å². The van der Waals surface area contributed by atoms with Crippen LogP contribution < -0.4 is 5.73 Å². The second-order valence-electron chi connectivity index (χ2n) is 5.22. The number of likely N-dealkylation sites (tertiary alicyclic amines) is 1. The molecule has 0 aromatic heterocycles. The molecule has 4 heteroatoms. The van der Waals surface area contributed by atoms with Gasteiger partial charge in [0.1, 0.15) is 0 Å². The maximum Gasteiger partial charge on any atom is 0.236 e. The number of hydrogen-bond acceptors (Lipinski definition) is 3. The van der Waals surface area contributed by atoms with Crippen LogP contribution in [0, 0.1) is 5.92 Å². The van der Waals surface area contributed by atoms with Gasteiger partial charge in [0, 0.05) is 25.7 Å². The van der Waals surface area contributed by atoms with Crippen LogP contribution in [0.15, 0.2) is 0 Å². The van der Waals surface area contributed by atoms with E-state index in [0.717, 1.165) is 32.0 Å². The van der Waals surface area contributed by atoms with Crippen molar-refractivity contribution in [3.63, 3.8) is 0 Å². The number of hydrogen-bond donors (Lipinski definition) is 1. The molecule has 1 aliphatic rings. The fourth-order valence-electron chi connectivity index (χ4n) is 2.86. The van der Waals surface area contributed by atoms with Crippen LogP contribution in [-0.4, -0.2) is 54.5 Å². The van der Waals surface area contributed by atoms with Gasteiger partial charge in [-0.1, -0.05) is 13.3 Å². The minimum Gasteiger partial charge on any atom is -0.342 e. The third-order valence-corrected chi connectivity index (χ3v) is 4.25. The highest BCUT2D eigenvalue weighted by Crippen LogP contribution is 2.24. The van der Waals surface area contributed by atoms with Crippen LogP contribution in [0.5, 0.6) is 0 Å². The molecule has 0 aliphatic carbocycles. The Hall–Kier alpha value is -0.610. The van der Waals surface area contributed by atoms with E-state index in [1.165, 1.54) is 12.8 Å².